The van der Waals surface area contributed by atoms with E-state index in [-0.39, 0.29) is 11.3 Å². The van der Waals surface area contributed by atoms with Crippen LogP contribution in [0.4, 0.5) is 0 Å². The van der Waals surface area contributed by atoms with Crippen LogP contribution >= 0.6 is 0 Å². The minimum atomic E-state index is -1.13. The Morgan fingerprint density at radius 3 is 1.88 bits per heavy atom. The largest absolute Gasteiger partial charge is 0.481 e. The van der Waals surface area contributed by atoms with Gasteiger partial charge in [0.1, 0.15) is 0 Å². The van der Waals surface area contributed by atoms with Gasteiger partial charge in [-0.3, -0.25) is 4.79 Å². The van der Waals surface area contributed by atoms with E-state index in [9.17, 15) is 20.0 Å². The summed E-state index contributed by atoms with van der Waals surface area (Å²) in [6.07, 6.45) is 1.83. The van der Waals surface area contributed by atoms with E-state index in [1.807, 2.05) is 34.6 Å². The van der Waals surface area contributed by atoms with Crippen molar-refractivity contribution >= 4 is 11.9 Å². The molecule has 0 aromatic heterocycles. The van der Waals surface area contributed by atoms with Crippen LogP contribution in [-0.2, 0) is 14.5 Å². The van der Waals surface area contributed by atoms with Gasteiger partial charge in [0, 0.05) is 0 Å². The molecule has 0 heterocycles. The minimum Gasteiger partial charge on any atom is -0.481 e. The van der Waals surface area contributed by atoms with E-state index in [1.165, 1.54) is 0 Å². The molecule has 0 aromatic carbocycles. The molecule has 1 rings (SSSR count). The lowest BCUT2D eigenvalue weighted by Gasteiger charge is -2.57. The number of carbonyl (C=O) groups is 2. The molecule has 25 heavy (non-hydrogen) atoms. The Bertz CT molecular complexity index is 548. The van der Waals surface area contributed by atoms with E-state index in [0.29, 0.717) is 12.8 Å². The fourth-order valence-corrected chi connectivity index (χ4v) is 5.49. The minimum absolute atomic E-state index is 0.240. The highest BCUT2D eigenvalue weighted by Crippen LogP contribution is 2.75. The lowest BCUT2D eigenvalue weighted by atomic mass is 9.45. The van der Waals surface area contributed by atoms with Crippen LogP contribution in [0.15, 0.2) is 0 Å². The molecule has 1 aliphatic carbocycles. The first-order valence-electron chi connectivity index (χ1n) is 9.23. The maximum atomic E-state index is 13.2. The van der Waals surface area contributed by atoms with E-state index in [1.54, 1.807) is 6.92 Å². The Labute approximate surface area is 152 Å². The Morgan fingerprint density at radius 2 is 1.56 bits per heavy atom. The van der Waals surface area contributed by atoms with E-state index in [2.05, 4.69) is 25.7 Å². The van der Waals surface area contributed by atoms with Crippen LogP contribution in [0.3, 0.4) is 0 Å². The number of carbonyl (C=O) groups excluding carboxylic acids is 1. The van der Waals surface area contributed by atoms with Gasteiger partial charge in [-0.1, -0.05) is 61.8 Å². The summed E-state index contributed by atoms with van der Waals surface area (Å²) >= 11 is 0. The maximum absolute atomic E-state index is 13.2. The third-order valence-electron chi connectivity index (χ3n) is 8.18. The lowest BCUT2D eigenvalue weighted by molar-refractivity contribution is -0.268. The molecular formula is C20H36O5. The first-order valence-corrected chi connectivity index (χ1v) is 9.23. The van der Waals surface area contributed by atoms with Crippen LogP contribution in [0.1, 0.15) is 81.6 Å². The van der Waals surface area contributed by atoms with E-state index >= 15 is 0 Å². The van der Waals surface area contributed by atoms with Gasteiger partial charge in [-0.15, -0.1) is 0 Å². The molecule has 3 atom stereocenters. The number of aliphatic carboxylic acids is 1. The number of carboxylic acids is 1. The van der Waals surface area contributed by atoms with Crippen molar-refractivity contribution in [3.05, 3.63) is 0 Å². The number of rotatable bonds is 6. The highest BCUT2D eigenvalue weighted by Gasteiger charge is 2.77. The van der Waals surface area contributed by atoms with Crippen molar-refractivity contribution in [2.45, 2.75) is 81.6 Å². The first-order chi connectivity index (χ1) is 11.1. The first kappa shape index (κ1) is 21.9. The van der Waals surface area contributed by atoms with Gasteiger partial charge >= 0.3 is 11.9 Å². The van der Waals surface area contributed by atoms with Crippen molar-refractivity contribution in [3.8, 4) is 0 Å². The van der Waals surface area contributed by atoms with Crippen LogP contribution < -0.4 is 0 Å². The molecule has 0 bridgehead atoms. The van der Waals surface area contributed by atoms with Crippen molar-refractivity contribution in [3.63, 3.8) is 0 Å². The summed E-state index contributed by atoms with van der Waals surface area (Å²) in [6, 6.07) is 0. The van der Waals surface area contributed by atoms with Crippen molar-refractivity contribution in [1.82, 2.24) is 0 Å². The fraction of sp³-hybridized carbons (Fsp3) is 0.900. The zero-order valence-corrected chi connectivity index (χ0v) is 17.3. The third-order valence-corrected chi connectivity index (χ3v) is 8.18. The van der Waals surface area contributed by atoms with Gasteiger partial charge in [0.2, 0.25) is 0 Å². The third kappa shape index (κ3) is 2.53. The summed E-state index contributed by atoms with van der Waals surface area (Å²) in [4.78, 5) is 29.8. The van der Waals surface area contributed by atoms with Crippen molar-refractivity contribution in [1.29, 1.82) is 0 Å². The predicted molar refractivity (Wildman–Crippen MR) is 96.9 cm³/mol. The van der Waals surface area contributed by atoms with Crippen molar-refractivity contribution < 1.29 is 24.8 Å². The maximum Gasteiger partial charge on any atom is 0.349 e. The monoisotopic (exact) mass is 356 g/mol. The highest BCUT2D eigenvalue weighted by molar-refractivity contribution is 5.85. The van der Waals surface area contributed by atoms with Gasteiger partial charge in [-0.2, -0.15) is 5.26 Å². The standard InChI is InChI=1S/C20H36O5/c1-10-16(3,4)13-12-19(9,14(21)22)18(7,8)20(13,15(23)25-24)17(5,6)11-2/h13,24H,10-12H2,1-9H3,(H,21,22). The quantitative estimate of drug-likeness (QED) is 0.517. The predicted octanol–water partition coefficient (Wildman–Crippen LogP) is 5.00. The highest BCUT2D eigenvalue weighted by atomic mass is 17.1. The molecule has 3 unspecified atom stereocenters. The molecule has 146 valence electrons. The molecule has 0 aliphatic heterocycles. The fourth-order valence-electron chi connectivity index (χ4n) is 5.49. The Kier molecular flexibility index (Phi) is 5.49. The van der Waals surface area contributed by atoms with Gasteiger partial charge in [0.15, 0.2) is 0 Å². The summed E-state index contributed by atoms with van der Waals surface area (Å²) < 4.78 is 0. The van der Waals surface area contributed by atoms with Crippen LogP contribution in [0.5, 0.6) is 0 Å². The van der Waals surface area contributed by atoms with E-state index < -0.39 is 33.6 Å². The lowest BCUT2D eigenvalue weighted by Crippen LogP contribution is -2.60. The summed E-state index contributed by atoms with van der Waals surface area (Å²) in [6.45, 7) is 17.6. The molecule has 0 radical (unpaired) electrons. The Morgan fingerprint density at radius 1 is 1.08 bits per heavy atom. The summed E-state index contributed by atoms with van der Waals surface area (Å²) in [7, 11) is 0. The summed E-state index contributed by atoms with van der Waals surface area (Å²) in [5.74, 6) is -1.86. The molecule has 5 heteroatoms. The Balaban J connectivity index is 4.00. The average molecular weight is 357 g/mol. The molecule has 1 fully saturated rings. The van der Waals surface area contributed by atoms with E-state index in [0.717, 1.165) is 6.42 Å². The SMILES string of the molecule is CCC(C)(C)C1CC(C)(C(=O)O)C(C)(C)C1(C(=O)OO)C(C)(C)CC. The van der Waals surface area contributed by atoms with Gasteiger partial charge < -0.3 is 9.99 Å². The van der Waals surface area contributed by atoms with Crippen LogP contribution in [-0.4, -0.2) is 22.3 Å². The average Bonchev–Trinajstić information content (AvgIpc) is 2.73. The molecule has 0 saturated heterocycles. The van der Waals surface area contributed by atoms with Gasteiger partial charge in [-0.25, -0.2) is 4.79 Å². The molecule has 2 N–H and O–H groups in total. The van der Waals surface area contributed by atoms with E-state index in [4.69, 9.17) is 0 Å². The second-order valence-corrected chi connectivity index (χ2v) is 9.79. The van der Waals surface area contributed by atoms with Crippen LogP contribution in [0.25, 0.3) is 0 Å². The molecule has 1 saturated carbocycles. The molecule has 1 aliphatic rings. The summed E-state index contributed by atoms with van der Waals surface area (Å²) in [5.41, 5.74) is -3.99. The molecule has 5 nitrogen and oxygen atoms in total. The Hall–Kier alpha value is -1.10. The zero-order valence-electron chi connectivity index (χ0n) is 17.3. The topological polar surface area (TPSA) is 83.8 Å². The number of hydrogen-bond donors (Lipinski definition) is 2. The number of hydrogen-bond acceptors (Lipinski definition) is 4. The van der Waals surface area contributed by atoms with Gasteiger partial charge in [0.25, 0.3) is 0 Å². The summed E-state index contributed by atoms with van der Waals surface area (Å²) in [5, 5.41) is 19.5. The number of carboxylic acid groups (broad SMARTS) is 1. The second kappa shape index (κ2) is 6.26. The molecular weight excluding hydrogens is 320 g/mol. The van der Waals surface area contributed by atoms with Crippen molar-refractivity contribution in [2.75, 3.05) is 0 Å². The molecule has 0 aromatic rings. The smallest absolute Gasteiger partial charge is 0.349 e. The van der Waals surface area contributed by atoms with Crippen molar-refractivity contribution in [2.24, 2.45) is 33.0 Å². The zero-order chi connectivity index (χ0) is 20.1. The van der Waals surface area contributed by atoms with Gasteiger partial charge in [-0.05, 0) is 41.9 Å². The van der Waals surface area contributed by atoms with Gasteiger partial charge in [0.05, 0.1) is 10.8 Å². The second-order valence-electron chi connectivity index (χ2n) is 9.79. The van der Waals surface area contributed by atoms with Crippen LogP contribution in [0.2, 0.25) is 0 Å². The van der Waals surface area contributed by atoms with Crippen LogP contribution in [0, 0.1) is 33.0 Å². The normalized spacial score (nSPS) is 32.5. The molecule has 0 spiro atoms. The molecule has 0 amide bonds.